The number of nitrogens with zero attached hydrogens (tertiary/aromatic N) is 1. The highest BCUT2D eigenvalue weighted by molar-refractivity contribution is 6.31. The van der Waals surface area contributed by atoms with E-state index < -0.39 is 5.91 Å². The van der Waals surface area contributed by atoms with Crippen molar-refractivity contribution in [1.82, 2.24) is 0 Å². The number of benzene rings is 4. The van der Waals surface area contributed by atoms with Gasteiger partial charge in [0.15, 0.2) is 0 Å². The van der Waals surface area contributed by atoms with Crippen LogP contribution in [0.1, 0.15) is 16.7 Å². The summed E-state index contributed by atoms with van der Waals surface area (Å²) in [6.07, 6.45) is 2.24. The van der Waals surface area contributed by atoms with Crippen LogP contribution in [0.5, 0.6) is 5.75 Å². The van der Waals surface area contributed by atoms with Gasteiger partial charge in [-0.3, -0.25) is 4.79 Å². The third-order valence-corrected chi connectivity index (χ3v) is 5.77. The number of nitriles is 1. The normalized spacial score (nSPS) is 11.1. The third kappa shape index (κ3) is 5.06. The van der Waals surface area contributed by atoms with Gasteiger partial charge in [-0.25, -0.2) is 0 Å². The van der Waals surface area contributed by atoms with E-state index in [2.05, 4.69) is 11.4 Å². The second-order valence-electron chi connectivity index (χ2n) is 7.48. The molecule has 0 atom stereocenters. The minimum absolute atomic E-state index is 0.0163. The molecule has 0 aliphatic rings. The number of fused-ring (bicyclic) bond motifs is 1. The minimum atomic E-state index is -0.473. The largest absolute Gasteiger partial charge is 0.497 e. The fourth-order valence-corrected chi connectivity index (χ4v) is 3.88. The number of carbonyl (C=O) groups is 1. The van der Waals surface area contributed by atoms with Crippen LogP contribution in [-0.2, 0) is 11.2 Å². The fraction of sp³-hybridized carbons (Fsp3) is 0.0714. The third-order valence-electron chi connectivity index (χ3n) is 5.40. The Labute approximate surface area is 197 Å². The molecule has 0 aliphatic heterocycles. The molecule has 4 aromatic carbocycles. The Balaban J connectivity index is 1.74. The zero-order valence-corrected chi connectivity index (χ0v) is 18.8. The quantitative estimate of drug-likeness (QED) is 0.263. The topological polar surface area (TPSA) is 62.1 Å². The van der Waals surface area contributed by atoms with E-state index in [4.69, 9.17) is 16.3 Å². The van der Waals surface area contributed by atoms with Crippen molar-refractivity contribution < 1.29 is 9.53 Å². The number of halogens is 1. The first kappa shape index (κ1) is 22.1. The lowest BCUT2D eigenvalue weighted by molar-refractivity contribution is -0.112. The number of methoxy groups -OCH3 is 1. The van der Waals surface area contributed by atoms with Crippen molar-refractivity contribution >= 4 is 40.0 Å². The summed E-state index contributed by atoms with van der Waals surface area (Å²) in [5, 5.41) is 15.3. The molecule has 5 heteroatoms. The SMILES string of the molecule is COc1ccc(NC(=O)/C(C#N)=C/c2c(Cc3ccccc3Cl)ccc3ccccc23)cc1. The van der Waals surface area contributed by atoms with Crippen LogP contribution in [0.4, 0.5) is 5.69 Å². The van der Waals surface area contributed by atoms with E-state index in [0.717, 1.165) is 27.5 Å². The fourth-order valence-electron chi connectivity index (χ4n) is 3.68. The Hall–Kier alpha value is -4.07. The average Bonchev–Trinajstić information content (AvgIpc) is 2.85. The van der Waals surface area contributed by atoms with Crippen LogP contribution >= 0.6 is 11.6 Å². The van der Waals surface area contributed by atoms with Gasteiger partial charge in [-0.1, -0.05) is 66.2 Å². The van der Waals surface area contributed by atoms with E-state index in [9.17, 15) is 10.1 Å². The van der Waals surface area contributed by atoms with Crippen molar-refractivity contribution in [3.05, 3.63) is 112 Å². The van der Waals surface area contributed by atoms with Gasteiger partial charge in [0.1, 0.15) is 17.4 Å². The molecule has 4 rings (SSSR count). The molecule has 0 aromatic heterocycles. The molecule has 0 bridgehead atoms. The van der Waals surface area contributed by atoms with Gasteiger partial charge in [0.05, 0.1) is 7.11 Å². The molecule has 1 amide bonds. The Morgan fingerprint density at radius 3 is 2.42 bits per heavy atom. The van der Waals surface area contributed by atoms with Crippen LogP contribution in [0, 0.1) is 11.3 Å². The molecule has 33 heavy (non-hydrogen) atoms. The first-order valence-electron chi connectivity index (χ1n) is 10.4. The van der Waals surface area contributed by atoms with Gasteiger partial charge in [-0.05, 0) is 70.3 Å². The monoisotopic (exact) mass is 452 g/mol. The standard InChI is InChI=1S/C28H21ClN2O2/c1-33-24-14-12-23(13-15-24)31-28(32)22(18-30)17-26-20(16-21-7-3-5-9-27(21)29)11-10-19-6-2-4-8-25(19)26/h2-15,17H,16H2,1H3,(H,31,32)/b22-17+. The number of hydrogen-bond acceptors (Lipinski definition) is 3. The van der Waals surface area contributed by atoms with Crippen LogP contribution in [0.3, 0.4) is 0 Å². The van der Waals surface area contributed by atoms with Crippen LogP contribution < -0.4 is 10.1 Å². The van der Waals surface area contributed by atoms with E-state index >= 15 is 0 Å². The number of carbonyl (C=O) groups excluding carboxylic acids is 1. The van der Waals surface area contributed by atoms with Crippen LogP contribution in [-0.4, -0.2) is 13.0 Å². The lowest BCUT2D eigenvalue weighted by Crippen LogP contribution is -2.13. The van der Waals surface area contributed by atoms with Crippen LogP contribution in [0.15, 0.2) is 90.5 Å². The summed E-state index contributed by atoms with van der Waals surface area (Å²) in [5.74, 6) is 0.211. The van der Waals surface area contributed by atoms with E-state index in [1.807, 2.05) is 60.7 Å². The minimum Gasteiger partial charge on any atom is -0.497 e. The number of amides is 1. The van der Waals surface area contributed by atoms with Gasteiger partial charge >= 0.3 is 0 Å². The second-order valence-corrected chi connectivity index (χ2v) is 7.89. The number of hydrogen-bond donors (Lipinski definition) is 1. The summed E-state index contributed by atoms with van der Waals surface area (Å²) in [5.41, 5.74) is 3.38. The van der Waals surface area contributed by atoms with E-state index in [1.165, 1.54) is 0 Å². The summed E-state index contributed by atoms with van der Waals surface area (Å²) in [6.45, 7) is 0. The summed E-state index contributed by atoms with van der Waals surface area (Å²) in [4.78, 5) is 12.9. The van der Waals surface area contributed by atoms with Crippen molar-refractivity contribution in [2.45, 2.75) is 6.42 Å². The molecule has 1 N–H and O–H groups in total. The van der Waals surface area contributed by atoms with E-state index in [0.29, 0.717) is 22.9 Å². The lowest BCUT2D eigenvalue weighted by atomic mass is 9.93. The Bertz CT molecular complexity index is 1390. The molecule has 0 aliphatic carbocycles. The van der Waals surface area contributed by atoms with E-state index in [-0.39, 0.29) is 5.57 Å². The van der Waals surface area contributed by atoms with Gasteiger partial charge in [-0.15, -0.1) is 0 Å². The molecule has 0 saturated heterocycles. The Morgan fingerprint density at radius 2 is 1.70 bits per heavy atom. The number of rotatable bonds is 6. The summed E-state index contributed by atoms with van der Waals surface area (Å²) < 4.78 is 5.15. The molecule has 0 fully saturated rings. The van der Waals surface area contributed by atoms with Gasteiger partial charge in [0, 0.05) is 10.7 Å². The first-order chi connectivity index (χ1) is 16.1. The first-order valence-corrected chi connectivity index (χ1v) is 10.8. The van der Waals surface area contributed by atoms with Crippen molar-refractivity contribution in [3.8, 4) is 11.8 Å². The van der Waals surface area contributed by atoms with Crippen molar-refractivity contribution in [2.24, 2.45) is 0 Å². The highest BCUT2D eigenvalue weighted by Crippen LogP contribution is 2.29. The number of nitrogens with one attached hydrogen (secondary N) is 1. The predicted octanol–water partition coefficient (Wildman–Crippen LogP) is 6.64. The van der Waals surface area contributed by atoms with Gasteiger partial charge in [0.25, 0.3) is 5.91 Å². The molecule has 0 unspecified atom stereocenters. The summed E-state index contributed by atoms with van der Waals surface area (Å²) >= 11 is 6.40. The summed E-state index contributed by atoms with van der Waals surface area (Å²) in [6, 6.07) is 28.7. The molecule has 4 nitrogen and oxygen atoms in total. The van der Waals surface area contributed by atoms with Crippen LogP contribution in [0.25, 0.3) is 16.8 Å². The molecular weight excluding hydrogens is 432 g/mol. The highest BCUT2D eigenvalue weighted by atomic mass is 35.5. The maximum absolute atomic E-state index is 12.9. The molecule has 0 heterocycles. The number of ether oxygens (including phenoxy) is 1. The predicted molar refractivity (Wildman–Crippen MR) is 133 cm³/mol. The van der Waals surface area contributed by atoms with Crippen molar-refractivity contribution in [1.29, 1.82) is 5.26 Å². The molecule has 0 radical (unpaired) electrons. The maximum atomic E-state index is 12.9. The van der Waals surface area contributed by atoms with Gasteiger partial charge < -0.3 is 10.1 Å². The number of anilines is 1. The van der Waals surface area contributed by atoms with Gasteiger partial charge in [0.2, 0.25) is 0 Å². The second kappa shape index (κ2) is 10.0. The molecule has 0 spiro atoms. The molecule has 0 saturated carbocycles. The Kier molecular flexibility index (Phi) is 6.73. The smallest absolute Gasteiger partial charge is 0.266 e. The zero-order chi connectivity index (χ0) is 23.2. The van der Waals surface area contributed by atoms with E-state index in [1.54, 1.807) is 37.5 Å². The summed E-state index contributed by atoms with van der Waals surface area (Å²) in [7, 11) is 1.58. The molecule has 4 aromatic rings. The Morgan fingerprint density at radius 1 is 0.970 bits per heavy atom. The zero-order valence-electron chi connectivity index (χ0n) is 18.0. The highest BCUT2D eigenvalue weighted by Gasteiger charge is 2.14. The molecule has 162 valence electrons. The van der Waals surface area contributed by atoms with Crippen molar-refractivity contribution in [3.63, 3.8) is 0 Å². The van der Waals surface area contributed by atoms with Crippen molar-refractivity contribution in [2.75, 3.05) is 12.4 Å². The lowest BCUT2D eigenvalue weighted by Gasteiger charge is -2.12. The maximum Gasteiger partial charge on any atom is 0.266 e. The molecular formula is C28H21ClN2O2. The van der Waals surface area contributed by atoms with Gasteiger partial charge in [-0.2, -0.15) is 5.26 Å². The average molecular weight is 453 g/mol. The van der Waals surface area contributed by atoms with Crippen LogP contribution in [0.2, 0.25) is 5.02 Å².